The zero-order valence-electron chi connectivity index (χ0n) is 9.31. The molecule has 1 aromatic heterocycles. The highest BCUT2D eigenvalue weighted by Crippen LogP contribution is 2.49. The van der Waals surface area contributed by atoms with Crippen molar-refractivity contribution in [2.75, 3.05) is 0 Å². The number of hydrogen-bond donors (Lipinski definition) is 1. The number of nitrogens with zero attached hydrogens (tertiary/aromatic N) is 1. The largest absolute Gasteiger partial charge is 0.392 e. The summed E-state index contributed by atoms with van der Waals surface area (Å²) in [6, 6.07) is 8.15. The van der Waals surface area contributed by atoms with Gasteiger partial charge in [-0.3, -0.25) is 0 Å². The predicted octanol–water partition coefficient (Wildman–Crippen LogP) is 3.00. The lowest BCUT2D eigenvalue weighted by Gasteiger charge is -2.15. The summed E-state index contributed by atoms with van der Waals surface area (Å²) in [5.41, 5.74) is 1.22. The molecule has 3 rings (SSSR count). The summed E-state index contributed by atoms with van der Waals surface area (Å²) < 4.78 is 1.21. The number of aromatic nitrogens is 1. The molecule has 1 aliphatic rings. The van der Waals surface area contributed by atoms with Crippen LogP contribution in [0.5, 0.6) is 0 Å². The van der Waals surface area contributed by atoms with Crippen molar-refractivity contribution in [1.29, 1.82) is 0 Å². The maximum atomic E-state index is 10.1. The van der Waals surface area contributed by atoms with Gasteiger partial charge in [-0.15, -0.1) is 11.3 Å². The van der Waals surface area contributed by atoms with Crippen molar-refractivity contribution in [1.82, 2.24) is 4.98 Å². The Morgan fingerprint density at radius 2 is 2.19 bits per heavy atom. The van der Waals surface area contributed by atoms with Gasteiger partial charge in [-0.05, 0) is 30.4 Å². The van der Waals surface area contributed by atoms with Crippen LogP contribution in [-0.4, -0.2) is 16.2 Å². The number of benzene rings is 1. The average molecular weight is 233 g/mol. The van der Waals surface area contributed by atoms with Crippen LogP contribution in [-0.2, 0) is 6.42 Å². The van der Waals surface area contributed by atoms with Crippen LogP contribution in [0.1, 0.15) is 24.8 Å². The number of fused-ring (bicyclic) bond motifs is 1. The first-order chi connectivity index (χ1) is 7.67. The highest BCUT2D eigenvalue weighted by Gasteiger charge is 2.44. The summed E-state index contributed by atoms with van der Waals surface area (Å²) in [6.07, 6.45) is 2.78. The van der Waals surface area contributed by atoms with Crippen LogP contribution in [0.3, 0.4) is 0 Å². The minimum Gasteiger partial charge on any atom is -0.392 e. The Morgan fingerprint density at radius 3 is 2.88 bits per heavy atom. The van der Waals surface area contributed by atoms with Crippen molar-refractivity contribution in [3.05, 3.63) is 29.3 Å². The molecule has 1 saturated carbocycles. The van der Waals surface area contributed by atoms with E-state index in [9.17, 15) is 5.11 Å². The molecule has 0 saturated heterocycles. The molecular formula is C13H15NOS. The first-order valence-electron chi connectivity index (χ1n) is 5.70. The second-order valence-corrected chi connectivity index (χ2v) is 6.06. The third kappa shape index (κ3) is 1.74. The molecule has 0 spiro atoms. The second kappa shape index (κ2) is 3.54. The van der Waals surface area contributed by atoms with Crippen molar-refractivity contribution in [2.45, 2.75) is 32.3 Å². The molecule has 1 N–H and O–H groups in total. The van der Waals surface area contributed by atoms with Crippen LogP contribution in [0.15, 0.2) is 24.3 Å². The van der Waals surface area contributed by atoms with Gasteiger partial charge in [-0.25, -0.2) is 4.98 Å². The number of rotatable bonds is 3. The van der Waals surface area contributed by atoms with Crippen LogP contribution < -0.4 is 0 Å². The van der Waals surface area contributed by atoms with Crippen molar-refractivity contribution >= 4 is 21.6 Å². The van der Waals surface area contributed by atoms with Gasteiger partial charge >= 0.3 is 0 Å². The number of aliphatic hydroxyl groups is 1. The molecule has 0 amide bonds. The zero-order valence-corrected chi connectivity index (χ0v) is 10.1. The molecule has 3 heteroatoms. The van der Waals surface area contributed by atoms with Gasteiger partial charge in [-0.1, -0.05) is 19.1 Å². The van der Waals surface area contributed by atoms with Crippen LogP contribution in [0.2, 0.25) is 0 Å². The summed E-state index contributed by atoms with van der Waals surface area (Å²) in [7, 11) is 0. The fourth-order valence-corrected chi connectivity index (χ4v) is 2.95. The van der Waals surface area contributed by atoms with E-state index in [1.54, 1.807) is 11.3 Å². The van der Waals surface area contributed by atoms with Crippen molar-refractivity contribution in [3.8, 4) is 0 Å². The fraction of sp³-hybridized carbons (Fsp3) is 0.462. The van der Waals surface area contributed by atoms with E-state index in [1.807, 2.05) is 18.2 Å². The third-order valence-corrected chi connectivity index (χ3v) is 4.61. The Balaban J connectivity index is 1.84. The van der Waals surface area contributed by atoms with E-state index in [0.29, 0.717) is 6.42 Å². The van der Waals surface area contributed by atoms with Gasteiger partial charge in [0.25, 0.3) is 0 Å². The Morgan fingerprint density at radius 1 is 1.44 bits per heavy atom. The molecule has 2 aromatic rings. The molecule has 1 aliphatic carbocycles. The maximum Gasteiger partial charge on any atom is 0.0964 e. The molecule has 2 nitrogen and oxygen atoms in total. The predicted molar refractivity (Wildman–Crippen MR) is 66.7 cm³/mol. The number of hydrogen-bond acceptors (Lipinski definition) is 3. The quantitative estimate of drug-likeness (QED) is 0.884. The Kier molecular flexibility index (Phi) is 2.26. The fourth-order valence-electron chi connectivity index (χ4n) is 1.95. The summed E-state index contributed by atoms with van der Waals surface area (Å²) in [6.45, 7) is 2.16. The number of para-hydroxylation sites is 1. The monoisotopic (exact) mass is 233 g/mol. The van der Waals surface area contributed by atoms with Gasteiger partial charge in [0, 0.05) is 6.42 Å². The zero-order chi connectivity index (χ0) is 11.2. The molecule has 16 heavy (non-hydrogen) atoms. The SMILES string of the molecule is CC1(C(O)Cc2nc3ccccc3s2)CC1. The van der Waals surface area contributed by atoms with Gasteiger partial charge in [0.15, 0.2) is 0 Å². The molecular weight excluding hydrogens is 218 g/mol. The minimum absolute atomic E-state index is 0.165. The standard InChI is InChI=1S/C13H15NOS/c1-13(6-7-13)11(15)8-12-14-9-4-2-3-5-10(9)16-12/h2-5,11,15H,6-8H2,1H3. The van der Waals surface area contributed by atoms with E-state index < -0.39 is 0 Å². The molecule has 1 unspecified atom stereocenters. The lowest BCUT2D eigenvalue weighted by Crippen LogP contribution is -2.21. The molecule has 84 valence electrons. The van der Waals surface area contributed by atoms with E-state index >= 15 is 0 Å². The average Bonchev–Trinajstić information content (AvgIpc) is 2.90. The van der Waals surface area contributed by atoms with Crippen LogP contribution in [0, 0.1) is 5.41 Å². The van der Waals surface area contributed by atoms with Crippen molar-refractivity contribution in [2.24, 2.45) is 5.41 Å². The first kappa shape index (κ1) is 10.2. The maximum absolute atomic E-state index is 10.1. The summed E-state index contributed by atoms with van der Waals surface area (Å²) >= 11 is 1.70. The van der Waals surface area contributed by atoms with E-state index in [2.05, 4.69) is 18.0 Å². The molecule has 0 bridgehead atoms. The molecule has 1 atom stereocenters. The van der Waals surface area contributed by atoms with Gasteiger partial charge in [-0.2, -0.15) is 0 Å². The van der Waals surface area contributed by atoms with Crippen LogP contribution in [0.4, 0.5) is 0 Å². The highest BCUT2D eigenvalue weighted by molar-refractivity contribution is 7.18. The Labute approximate surface area is 99.0 Å². The minimum atomic E-state index is -0.229. The van der Waals surface area contributed by atoms with Crippen LogP contribution >= 0.6 is 11.3 Å². The van der Waals surface area contributed by atoms with E-state index in [-0.39, 0.29) is 11.5 Å². The lowest BCUT2D eigenvalue weighted by molar-refractivity contribution is 0.103. The van der Waals surface area contributed by atoms with Gasteiger partial charge < -0.3 is 5.11 Å². The molecule has 0 radical (unpaired) electrons. The highest BCUT2D eigenvalue weighted by atomic mass is 32.1. The topological polar surface area (TPSA) is 33.1 Å². The smallest absolute Gasteiger partial charge is 0.0964 e. The normalized spacial score (nSPS) is 19.9. The van der Waals surface area contributed by atoms with Crippen molar-refractivity contribution in [3.63, 3.8) is 0 Å². The van der Waals surface area contributed by atoms with E-state index in [1.165, 1.54) is 4.70 Å². The number of thiazole rings is 1. The van der Waals surface area contributed by atoms with E-state index in [4.69, 9.17) is 0 Å². The first-order valence-corrected chi connectivity index (χ1v) is 6.52. The molecule has 0 aliphatic heterocycles. The third-order valence-electron chi connectivity index (χ3n) is 3.55. The van der Waals surface area contributed by atoms with Gasteiger partial charge in [0.05, 0.1) is 21.3 Å². The molecule has 1 fully saturated rings. The lowest BCUT2D eigenvalue weighted by atomic mass is 10.00. The Bertz CT molecular complexity index is 482. The summed E-state index contributed by atoms with van der Waals surface area (Å²) in [5, 5.41) is 11.2. The summed E-state index contributed by atoms with van der Waals surface area (Å²) in [4.78, 5) is 4.55. The number of aliphatic hydroxyl groups excluding tert-OH is 1. The molecule has 1 heterocycles. The summed E-state index contributed by atoms with van der Waals surface area (Å²) in [5.74, 6) is 0. The van der Waals surface area contributed by atoms with E-state index in [0.717, 1.165) is 23.4 Å². The van der Waals surface area contributed by atoms with Gasteiger partial charge in [0.1, 0.15) is 0 Å². The second-order valence-electron chi connectivity index (χ2n) is 4.95. The van der Waals surface area contributed by atoms with Crippen molar-refractivity contribution < 1.29 is 5.11 Å². The van der Waals surface area contributed by atoms with Crippen LogP contribution in [0.25, 0.3) is 10.2 Å². The molecule has 1 aromatic carbocycles. The van der Waals surface area contributed by atoms with Gasteiger partial charge in [0.2, 0.25) is 0 Å². The Hall–Kier alpha value is -0.930.